The molecule has 0 aromatic rings. The first-order valence-corrected chi connectivity index (χ1v) is 5.03. The molecule has 0 heterocycles. The van der Waals surface area contributed by atoms with E-state index >= 15 is 0 Å². The summed E-state index contributed by atoms with van der Waals surface area (Å²) in [6.07, 6.45) is 7.77. The lowest BCUT2D eigenvalue weighted by atomic mass is 9.70. The third kappa shape index (κ3) is 0.618. The van der Waals surface area contributed by atoms with Gasteiger partial charge in [0.2, 0.25) is 0 Å². The molecule has 1 heteroatoms. The molecule has 4 atom stereocenters. The van der Waals surface area contributed by atoms with Crippen LogP contribution in [-0.2, 0) is 0 Å². The van der Waals surface area contributed by atoms with Crippen molar-refractivity contribution in [2.45, 2.75) is 44.1 Å². The van der Waals surface area contributed by atoms with Gasteiger partial charge in [-0.15, -0.1) is 0 Å². The zero-order valence-corrected chi connectivity index (χ0v) is 6.92. The van der Waals surface area contributed by atoms with E-state index in [0.717, 1.165) is 18.3 Å². The molecule has 0 radical (unpaired) electrons. The minimum atomic E-state index is -0.178. The highest BCUT2D eigenvalue weighted by atomic mass is 16.3. The van der Waals surface area contributed by atoms with Crippen molar-refractivity contribution >= 4 is 0 Å². The summed E-state index contributed by atoms with van der Waals surface area (Å²) in [6, 6.07) is 0. The quantitative estimate of drug-likeness (QED) is 0.562. The van der Waals surface area contributed by atoms with Crippen molar-refractivity contribution in [2.75, 3.05) is 0 Å². The van der Waals surface area contributed by atoms with Crippen LogP contribution in [0.15, 0.2) is 0 Å². The molecule has 0 amide bonds. The molecule has 62 valence electrons. The predicted octanol–water partition coefficient (Wildman–Crippen LogP) is 1.95. The fourth-order valence-corrected chi connectivity index (χ4v) is 3.77. The number of hydrogen-bond donors (Lipinski definition) is 1. The SMILES string of the molecule is O[C@]12CCC[C@@H]1C[C@H]1CC[C@@H]12. The van der Waals surface area contributed by atoms with Gasteiger partial charge in [0.15, 0.2) is 0 Å². The molecular weight excluding hydrogens is 136 g/mol. The molecule has 1 nitrogen and oxygen atoms in total. The summed E-state index contributed by atoms with van der Waals surface area (Å²) < 4.78 is 0. The van der Waals surface area contributed by atoms with E-state index in [-0.39, 0.29) is 5.60 Å². The molecular formula is C10H16O. The van der Waals surface area contributed by atoms with Crippen LogP contribution in [0.25, 0.3) is 0 Å². The molecule has 0 aromatic carbocycles. The topological polar surface area (TPSA) is 20.2 Å². The van der Waals surface area contributed by atoms with Crippen molar-refractivity contribution in [1.29, 1.82) is 0 Å². The molecule has 3 saturated carbocycles. The summed E-state index contributed by atoms with van der Waals surface area (Å²) in [6.45, 7) is 0. The standard InChI is InChI=1S/C10H16O/c11-10-5-1-2-8(10)6-7-3-4-9(7)10/h7-9,11H,1-6H2/t7-,8-,9+,10-/m1/s1. The lowest BCUT2D eigenvalue weighted by Crippen LogP contribution is -2.40. The fourth-order valence-electron chi connectivity index (χ4n) is 3.77. The summed E-state index contributed by atoms with van der Waals surface area (Å²) in [5, 5.41) is 10.3. The number of aliphatic hydroxyl groups is 1. The highest BCUT2D eigenvalue weighted by Gasteiger charge is 2.58. The van der Waals surface area contributed by atoms with E-state index < -0.39 is 0 Å². The zero-order chi connectivity index (χ0) is 7.47. The molecule has 0 saturated heterocycles. The molecule has 3 aliphatic carbocycles. The van der Waals surface area contributed by atoms with Gasteiger partial charge in [-0.2, -0.15) is 0 Å². The van der Waals surface area contributed by atoms with E-state index in [0.29, 0.717) is 5.92 Å². The van der Waals surface area contributed by atoms with Crippen LogP contribution in [0.1, 0.15) is 38.5 Å². The van der Waals surface area contributed by atoms with Crippen LogP contribution in [0, 0.1) is 17.8 Å². The first-order chi connectivity index (χ1) is 5.31. The zero-order valence-electron chi connectivity index (χ0n) is 6.92. The summed E-state index contributed by atoms with van der Waals surface area (Å²) in [7, 11) is 0. The summed E-state index contributed by atoms with van der Waals surface area (Å²) >= 11 is 0. The van der Waals surface area contributed by atoms with Gasteiger partial charge in [0, 0.05) is 0 Å². The van der Waals surface area contributed by atoms with Gasteiger partial charge in [0.05, 0.1) is 5.60 Å². The van der Waals surface area contributed by atoms with Gasteiger partial charge >= 0.3 is 0 Å². The lowest BCUT2D eigenvalue weighted by Gasteiger charge is -2.39. The van der Waals surface area contributed by atoms with Crippen LogP contribution in [-0.4, -0.2) is 10.7 Å². The average molecular weight is 152 g/mol. The smallest absolute Gasteiger partial charge is 0.0706 e. The minimum absolute atomic E-state index is 0.178. The van der Waals surface area contributed by atoms with Crippen LogP contribution in [0.3, 0.4) is 0 Å². The predicted molar refractivity (Wildman–Crippen MR) is 43.1 cm³/mol. The molecule has 11 heavy (non-hydrogen) atoms. The van der Waals surface area contributed by atoms with E-state index in [1.807, 2.05) is 0 Å². The van der Waals surface area contributed by atoms with Gasteiger partial charge in [0.1, 0.15) is 0 Å². The van der Waals surface area contributed by atoms with Gasteiger partial charge in [0.25, 0.3) is 0 Å². The van der Waals surface area contributed by atoms with Crippen molar-refractivity contribution in [3.05, 3.63) is 0 Å². The van der Waals surface area contributed by atoms with Crippen LogP contribution in [0.5, 0.6) is 0 Å². The molecule has 0 aromatic heterocycles. The second kappa shape index (κ2) is 1.82. The number of rotatable bonds is 0. The molecule has 0 unspecified atom stereocenters. The molecule has 3 fully saturated rings. The highest BCUT2D eigenvalue weighted by molar-refractivity contribution is 5.09. The van der Waals surface area contributed by atoms with Crippen molar-refractivity contribution in [1.82, 2.24) is 0 Å². The molecule has 0 bridgehead atoms. The Morgan fingerprint density at radius 3 is 2.82 bits per heavy atom. The Morgan fingerprint density at radius 1 is 1.18 bits per heavy atom. The summed E-state index contributed by atoms with van der Waals surface area (Å²) in [5.41, 5.74) is -0.178. The minimum Gasteiger partial charge on any atom is -0.389 e. The van der Waals surface area contributed by atoms with Crippen LogP contribution < -0.4 is 0 Å². The van der Waals surface area contributed by atoms with Crippen molar-refractivity contribution in [2.24, 2.45) is 17.8 Å². The van der Waals surface area contributed by atoms with Gasteiger partial charge in [-0.25, -0.2) is 0 Å². The third-order valence-electron chi connectivity index (χ3n) is 4.48. The Balaban J connectivity index is 1.94. The van der Waals surface area contributed by atoms with Gasteiger partial charge in [-0.3, -0.25) is 0 Å². The van der Waals surface area contributed by atoms with Gasteiger partial charge in [-0.05, 0) is 49.9 Å². The monoisotopic (exact) mass is 152 g/mol. The number of fused-ring (bicyclic) bond motifs is 3. The second-order valence-electron chi connectivity index (χ2n) is 4.76. The van der Waals surface area contributed by atoms with Crippen molar-refractivity contribution < 1.29 is 5.11 Å². The second-order valence-corrected chi connectivity index (χ2v) is 4.76. The largest absolute Gasteiger partial charge is 0.389 e. The van der Waals surface area contributed by atoms with Crippen LogP contribution in [0.4, 0.5) is 0 Å². The normalized spacial score (nSPS) is 60.3. The molecule has 3 rings (SSSR count). The first-order valence-electron chi connectivity index (χ1n) is 5.03. The molecule has 0 aliphatic heterocycles. The number of hydrogen-bond acceptors (Lipinski definition) is 1. The third-order valence-corrected chi connectivity index (χ3v) is 4.48. The molecule has 1 N–H and O–H groups in total. The van der Waals surface area contributed by atoms with Crippen LogP contribution in [0.2, 0.25) is 0 Å². The molecule has 0 spiro atoms. The van der Waals surface area contributed by atoms with Gasteiger partial charge in [-0.1, -0.05) is 6.42 Å². The maximum atomic E-state index is 10.3. The van der Waals surface area contributed by atoms with Crippen molar-refractivity contribution in [3.63, 3.8) is 0 Å². The van der Waals surface area contributed by atoms with E-state index in [4.69, 9.17) is 0 Å². The van der Waals surface area contributed by atoms with E-state index in [9.17, 15) is 5.11 Å². The Kier molecular flexibility index (Phi) is 1.07. The van der Waals surface area contributed by atoms with Crippen LogP contribution >= 0.6 is 0 Å². The lowest BCUT2D eigenvalue weighted by molar-refractivity contribution is -0.0514. The van der Waals surface area contributed by atoms with Gasteiger partial charge < -0.3 is 5.11 Å². The Morgan fingerprint density at radius 2 is 2.09 bits per heavy atom. The fraction of sp³-hybridized carbons (Fsp3) is 1.00. The molecule has 3 aliphatic rings. The van der Waals surface area contributed by atoms with Crippen molar-refractivity contribution in [3.8, 4) is 0 Å². The van der Waals surface area contributed by atoms with E-state index in [2.05, 4.69) is 0 Å². The maximum absolute atomic E-state index is 10.3. The van der Waals surface area contributed by atoms with E-state index in [1.165, 1.54) is 32.1 Å². The highest BCUT2D eigenvalue weighted by Crippen LogP contribution is 2.61. The Hall–Kier alpha value is -0.0400. The first kappa shape index (κ1) is 6.47. The Labute approximate surface area is 67.8 Å². The average Bonchev–Trinajstić information content (AvgIpc) is 2.30. The van der Waals surface area contributed by atoms with E-state index in [1.54, 1.807) is 0 Å². The summed E-state index contributed by atoms with van der Waals surface area (Å²) in [4.78, 5) is 0. The Bertz CT molecular complexity index is 185. The summed E-state index contributed by atoms with van der Waals surface area (Å²) in [5.74, 6) is 2.33. The maximum Gasteiger partial charge on any atom is 0.0706 e.